The third-order valence-electron chi connectivity index (χ3n) is 5.74. The van der Waals surface area contributed by atoms with Crippen molar-refractivity contribution in [2.24, 2.45) is 0 Å². The zero-order chi connectivity index (χ0) is 28.1. The second-order valence-electron chi connectivity index (χ2n) is 8.35. The number of allylic oxidation sites excluding steroid dienone is 1. The Labute approximate surface area is 228 Å². The van der Waals surface area contributed by atoms with Crippen molar-refractivity contribution in [2.75, 3.05) is 12.0 Å². The van der Waals surface area contributed by atoms with E-state index in [1.165, 1.54) is 25.3 Å². The van der Waals surface area contributed by atoms with Crippen molar-refractivity contribution in [1.29, 1.82) is 0 Å². The van der Waals surface area contributed by atoms with Crippen molar-refractivity contribution in [3.8, 4) is 11.5 Å². The fraction of sp³-hybridized carbons (Fsp3) is 0.107. The number of urea groups is 1. The van der Waals surface area contributed by atoms with E-state index in [0.717, 1.165) is 22.6 Å². The fourth-order valence-electron chi connectivity index (χ4n) is 3.95. The normalized spacial score (nSPS) is 14.3. The summed E-state index contributed by atoms with van der Waals surface area (Å²) < 4.78 is 11.6. The number of anilines is 1. The molecule has 3 aromatic rings. The van der Waals surface area contributed by atoms with Gasteiger partial charge in [0, 0.05) is 22.7 Å². The van der Waals surface area contributed by atoms with Crippen LogP contribution in [-0.2, 0) is 22.6 Å². The number of nitrogens with zero attached hydrogens (tertiary/aromatic N) is 2. The number of ether oxygens (including phenoxy) is 2. The minimum absolute atomic E-state index is 0.0659. The number of carbonyl (C=O) groups is 3. The van der Waals surface area contributed by atoms with Crippen molar-refractivity contribution in [2.45, 2.75) is 13.0 Å². The summed E-state index contributed by atoms with van der Waals surface area (Å²) in [5, 5.41) is 13.7. The number of nitro benzene ring substituents is 1. The van der Waals surface area contributed by atoms with E-state index in [-0.39, 0.29) is 23.6 Å². The number of barbiturate groups is 1. The summed E-state index contributed by atoms with van der Waals surface area (Å²) in [6.07, 6.45) is 3.40. The maximum Gasteiger partial charge on any atom is 0.335 e. The molecule has 1 saturated heterocycles. The Morgan fingerprint density at radius 1 is 1.10 bits per heavy atom. The minimum atomic E-state index is -0.967. The Balaban J connectivity index is 1.69. The molecular weight excluding hydrogens is 526 g/mol. The van der Waals surface area contributed by atoms with Gasteiger partial charge in [0.1, 0.15) is 12.2 Å². The number of hydrogen-bond donors (Lipinski definition) is 1. The topological polar surface area (TPSA) is 128 Å². The van der Waals surface area contributed by atoms with Gasteiger partial charge in [0.05, 0.1) is 17.7 Å². The summed E-state index contributed by atoms with van der Waals surface area (Å²) in [6.45, 7) is 4.00. The van der Waals surface area contributed by atoms with Crippen molar-refractivity contribution >= 4 is 46.9 Å². The van der Waals surface area contributed by atoms with Crippen LogP contribution in [0.3, 0.4) is 0 Å². The maximum atomic E-state index is 13.2. The van der Waals surface area contributed by atoms with Crippen molar-refractivity contribution in [3.63, 3.8) is 0 Å². The molecule has 0 spiro atoms. The van der Waals surface area contributed by atoms with Crippen LogP contribution in [0.2, 0.25) is 5.02 Å². The largest absolute Gasteiger partial charge is 0.493 e. The second-order valence-corrected chi connectivity index (χ2v) is 8.79. The lowest BCUT2D eigenvalue weighted by molar-refractivity contribution is -0.384. The Hall–Kier alpha value is -4.96. The van der Waals surface area contributed by atoms with Crippen LogP contribution in [0.4, 0.5) is 16.2 Å². The number of methoxy groups -OCH3 is 1. The summed E-state index contributed by atoms with van der Waals surface area (Å²) in [5.74, 6) is -0.950. The highest BCUT2D eigenvalue weighted by Crippen LogP contribution is 2.35. The lowest BCUT2D eigenvalue weighted by Gasteiger charge is -2.26. The molecule has 1 aliphatic heterocycles. The van der Waals surface area contributed by atoms with Crippen LogP contribution in [0.25, 0.3) is 6.08 Å². The fourth-order valence-corrected chi connectivity index (χ4v) is 4.17. The number of non-ortho nitro benzene ring substituents is 1. The van der Waals surface area contributed by atoms with Gasteiger partial charge in [0.2, 0.25) is 0 Å². The van der Waals surface area contributed by atoms with Crippen LogP contribution >= 0.6 is 11.6 Å². The number of nitro groups is 1. The first-order chi connectivity index (χ1) is 18.7. The smallest absolute Gasteiger partial charge is 0.335 e. The first kappa shape index (κ1) is 27.1. The van der Waals surface area contributed by atoms with Gasteiger partial charge in [-0.2, -0.15) is 0 Å². The third kappa shape index (κ3) is 5.97. The lowest BCUT2D eigenvalue weighted by atomic mass is 10.0. The predicted octanol–water partition coefficient (Wildman–Crippen LogP) is 5.23. The number of amides is 4. The van der Waals surface area contributed by atoms with E-state index in [9.17, 15) is 24.5 Å². The number of halogens is 1. The average molecular weight is 548 g/mol. The second kappa shape index (κ2) is 11.6. The van der Waals surface area contributed by atoms with E-state index in [0.29, 0.717) is 34.1 Å². The number of nitrogens with one attached hydrogen (secondary N) is 1. The number of carbonyl (C=O) groups excluding carboxylic acids is 3. The SMILES string of the molecule is C=CCc1cc(/C=C2\C(=O)NC(=O)N(c3ccc([N+](=O)[O-])cc3)C2=O)cc(OC)c1OCc1cccc(Cl)c1. The molecule has 0 aliphatic carbocycles. The van der Waals surface area contributed by atoms with Gasteiger partial charge < -0.3 is 9.47 Å². The molecule has 198 valence electrons. The van der Waals surface area contributed by atoms with Crippen molar-refractivity contribution in [1.82, 2.24) is 5.32 Å². The molecule has 4 rings (SSSR count). The molecule has 0 saturated carbocycles. The highest BCUT2D eigenvalue weighted by molar-refractivity contribution is 6.39. The molecule has 4 amide bonds. The summed E-state index contributed by atoms with van der Waals surface area (Å²) in [5.41, 5.74) is 1.51. The van der Waals surface area contributed by atoms with Crippen molar-refractivity contribution in [3.05, 3.63) is 111 Å². The van der Waals surface area contributed by atoms with Crippen LogP contribution in [0.15, 0.2) is 78.9 Å². The van der Waals surface area contributed by atoms with E-state index in [2.05, 4.69) is 11.9 Å². The average Bonchev–Trinajstić information content (AvgIpc) is 2.90. The van der Waals surface area contributed by atoms with Gasteiger partial charge in [0.15, 0.2) is 11.5 Å². The molecule has 1 heterocycles. The molecule has 1 N–H and O–H groups in total. The van der Waals surface area contributed by atoms with Gasteiger partial charge in [-0.15, -0.1) is 6.58 Å². The van der Waals surface area contributed by atoms with Gasteiger partial charge in [-0.3, -0.25) is 25.0 Å². The minimum Gasteiger partial charge on any atom is -0.493 e. The Morgan fingerprint density at radius 3 is 2.49 bits per heavy atom. The first-order valence-electron chi connectivity index (χ1n) is 11.6. The highest BCUT2D eigenvalue weighted by atomic mass is 35.5. The number of rotatable bonds is 9. The number of hydrogen-bond acceptors (Lipinski definition) is 7. The summed E-state index contributed by atoms with van der Waals surface area (Å²) in [7, 11) is 1.46. The Bertz CT molecular complexity index is 1520. The zero-order valence-electron chi connectivity index (χ0n) is 20.7. The molecule has 3 aromatic carbocycles. The molecule has 1 fully saturated rings. The van der Waals surface area contributed by atoms with Gasteiger partial charge in [-0.1, -0.05) is 29.8 Å². The molecule has 0 aromatic heterocycles. The third-order valence-corrected chi connectivity index (χ3v) is 5.98. The Kier molecular flexibility index (Phi) is 8.07. The molecule has 0 atom stereocenters. The quantitative estimate of drug-likeness (QED) is 0.128. The molecule has 0 radical (unpaired) electrons. The lowest BCUT2D eigenvalue weighted by Crippen LogP contribution is -2.54. The van der Waals surface area contributed by atoms with Gasteiger partial charge >= 0.3 is 6.03 Å². The van der Waals surface area contributed by atoms with Crippen molar-refractivity contribution < 1.29 is 28.8 Å². The molecule has 10 nitrogen and oxygen atoms in total. The zero-order valence-corrected chi connectivity index (χ0v) is 21.4. The summed E-state index contributed by atoms with van der Waals surface area (Å²) in [4.78, 5) is 49.5. The standard InChI is InChI=1S/C28H22ClN3O7/c1-3-5-19-12-18(15-24(38-2)25(19)39-16-17-6-4-7-20(29)13-17)14-23-26(33)30-28(35)31(27(23)34)21-8-10-22(11-9-21)32(36)37/h3-4,6-15H,1,5,16H2,2H3,(H,30,33,35)/b23-14+. The summed E-state index contributed by atoms with van der Waals surface area (Å²) >= 11 is 6.07. The molecule has 1 aliphatic rings. The van der Waals surface area contributed by atoms with Crippen LogP contribution in [-0.4, -0.2) is 29.9 Å². The molecular formula is C28H22ClN3O7. The number of benzene rings is 3. The van der Waals surface area contributed by atoms with Crippen LogP contribution in [0, 0.1) is 10.1 Å². The van der Waals surface area contributed by atoms with Gasteiger partial charge in [-0.05, 0) is 60.0 Å². The van der Waals surface area contributed by atoms with E-state index in [1.807, 2.05) is 12.1 Å². The maximum absolute atomic E-state index is 13.2. The molecule has 0 bridgehead atoms. The van der Waals surface area contributed by atoms with Crippen LogP contribution < -0.4 is 19.7 Å². The molecule has 11 heteroatoms. The predicted molar refractivity (Wildman–Crippen MR) is 145 cm³/mol. The first-order valence-corrected chi connectivity index (χ1v) is 11.9. The van der Waals surface area contributed by atoms with Gasteiger partial charge in [-0.25, -0.2) is 9.69 Å². The van der Waals surface area contributed by atoms with E-state index < -0.39 is 22.8 Å². The molecule has 0 unspecified atom stereocenters. The Morgan fingerprint density at radius 2 is 1.85 bits per heavy atom. The summed E-state index contributed by atoms with van der Waals surface area (Å²) in [6, 6.07) is 14.4. The van der Waals surface area contributed by atoms with Crippen LogP contribution in [0.5, 0.6) is 11.5 Å². The van der Waals surface area contributed by atoms with E-state index in [4.69, 9.17) is 21.1 Å². The van der Waals surface area contributed by atoms with Gasteiger partial charge in [0.25, 0.3) is 17.5 Å². The molecule has 39 heavy (non-hydrogen) atoms. The number of imide groups is 2. The monoisotopic (exact) mass is 547 g/mol. The van der Waals surface area contributed by atoms with E-state index >= 15 is 0 Å². The highest BCUT2D eigenvalue weighted by Gasteiger charge is 2.37. The van der Waals surface area contributed by atoms with E-state index in [1.54, 1.807) is 30.3 Å². The van der Waals surface area contributed by atoms with Crippen LogP contribution in [0.1, 0.15) is 16.7 Å².